The van der Waals surface area contributed by atoms with Crippen molar-refractivity contribution in [1.82, 2.24) is 4.98 Å². The van der Waals surface area contributed by atoms with E-state index in [1.807, 2.05) is 17.8 Å². The van der Waals surface area contributed by atoms with Crippen LogP contribution in [0, 0.1) is 0 Å². The highest BCUT2D eigenvalue weighted by Gasteiger charge is 2.13. The number of rotatable bonds is 2. The van der Waals surface area contributed by atoms with E-state index in [-0.39, 0.29) is 0 Å². The number of alkyl halides is 1. The van der Waals surface area contributed by atoms with E-state index < -0.39 is 0 Å². The number of thioether (sulfide) groups is 1. The number of halogens is 2. The Morgan fingerprint density at radius 2 is 2.13 bits per heavy atom. The van der Waals surface area contributed by atoms with Gasteiger partial charge in [0, 0.05) is 36.7 Å². The zero-order valence-electron chi connectivity index (χ0n) is 8.25. The maximum Gasteiger partial charge on any atom is 0.128 e. The Bertz CT molecular complexity index is 340. The van der Waals surface area contributed by atoms with E-state index in [2.05, 4.69) is 9.88 Å². The maximum absolute atomic E-state index is 5.97. The van der Waals surface area contributed by atoms with Crippen molar-refractivity contribution in [1.29, 1.82) is 0 Å². The summed E-state index contributed by atoms with van der Waals surface area (Å²) in [5.74, 6) is 3.77. The first-order chi connectivity index (χ1) is 7.31. The molecule has 0 spiro atoms. The molecule has 0 amide bonds. The van der Waals surface area contributed by atoms with E-state index in [9.17, 15) is 0 Å². The molecule has 1 aromatic rings. The Kier molecular flexibility index (Phi) is 4.00. The summed E-state index contributed by atoms with van der Waals surface area (Å²) in [4.78, 5) is 6.62. The summed E-state index contributed by atoms with van der Waals surface area (Å²) in [6, 6.07) is 1.99. The molecular formula is C10H12Cl2N2S. The minimum atomic E-state index is 0.441. The maximum atomic E-state index is 5.97. The van der Waals surface area contributed by atoms with Gasteiger partial charge in [0.15, 0.2) is 0 Å². The number of nitrogens with zero attached hydrogens (tertiary/aromatic N) is 2. The summed E-state index contributed by atoms with van der Waals surface area (Å²) in [5.41, 5.74) is 0.960. The summed E-state index contributed by atoms with van der Waals surface area (Å²) in [7, 11) is 0. The minimum absolute atomic E-state index is 0.441. The van der Waals surface area contributed by atoms with Crippen molar-refractivity contribution in [3.63, 3.8) is 0 Å². The molecule has 0 aromatic carbocycles. The Balaban J connectivity index is 2.20. The first-order valence-electron chi connectivity index (χ1n) is 4.84. The third-order valence-corrected chi connectivity index (χ3v) is 3.97. The van der Waals surface area contributed by atoms with Crippen LogP contribution in [0.1, 0.15) is 5.56 Å². The molecule has 1 saturated heterocycles. The van der Waals surface area contributed by atoms with E-state index in [4.69, 9.17) is 23.2 Å². The zero-order valence-corrected chi connectivity index (χ0v) is 10.6. The monoisotopic (exact) mass is 262 g/mol. The highest BCUT2D eigenvalue weighted by Crippen LogP contribution is 2.23. The molecule has 0 radical (unpaired) electrons. The molecule has 0 bridgehead atoms. The summed E-state index contributed by atoms with van der Waals surface area (Å²) in [6.07, 6.45) is 1.69. The molecule has 1 aliphatic rings. The molecule has 2 heterocycles. The average Bonchev–Trinajstić information content (AvgIpc) is 2.31. The molecule has 2 nitrogen and oxygen atoms in total. The van der Waals surface area contributed by atoms with Gasteiger partial charge in [0.2, 0.25) is 0 Å². The van der Waals surface area contributed by atoms with Crippen LogP contribution in [0.25, 0.3) is 0 Å². The Labute approximate surface area is 104 Å². The molecule has 0 atom stereocenters. The van der Waals surface area contributed by atoms with Crippen molar-refractivity contribution in [3.05, 3.63) is 22.8 Å². The highest BCUT2D eigenvalue weighted by molar-refractivity contribution is 7.99. The molecule has 0 aliphatic carbocycles. The summed E-state index contributed by atoms with van der Waals surface area (Å²) in [5, 5.41) is 0.653. The Morgan fingerprint density at radius 3 is 2.80 bits per heavy atom. The van der Waals surface area contributed by atoms with Gasteiger partial charge in [-0.2, -0.15) is 11.8 Å². The van der Waals surface area contributed by atoms with Crippen molar-refractivity contribution in [2.24, 2.45) is 0 Å². The fourth-order valence-electron chi connectivity index (χ4n) is 1.54. The van der Waals surface area contributed by atoms with E-state index in [0.29, 0.717) is 10.9 Å². The van der Waals surface area contributed by atoms with Crippen LogP contribution in [0.4, 0.5) is 5.82 Å². The number of aromatic nitrogens is 1. The first kappa shape index (κ1) is 11.4. The smallest absolute Gasteiger partial charge is 0.128 e. The average molecular weight is 263 g/mol. The molecule has 15 heavy (non-hydrogen) atoms. The van der Waals surface area contributed by atoms with E-state index in [0.717, 1.165) is 24.5 Å². The van der Waals surface area contributed by atoms with E-state index in [1.165, 1.54) is 11.5 Å². The normalized spacial score (nSPS) is 16.8. The molecule has 0 saturated carbocycles. The number of anilines is 1. The van der Waals surface area contributed by atoms with Crippen LogP contribution in [0.15, 0.2) is 12.3 Å². The van der Waals surface area contributed by atoms with Gasteiger partial charge in [-0.05, 0) is 11.6 Å². The third-order valence-electron chi connectivity index (χ3n) is 2.40. The lowest BCUT2D eigenvalue weighted by Gasteiger charge is -2.27. The van der Waals surface area contributed by atoms with Gasteiger partial charge in [0.1, 0.15) is 5.82 Å². The summed E-state index contributed by atoms with van der Waals surface area (Å²) in [6.45, 7) is 2.11. The van der Waals surface area contributed by atoms with Gasteiger partial charge in [-0.15, -0.1) is 11.6 Å². The van der Waals surface area contributed by atoms with Gasteiger partial charge >= 0.3 is 0 Å². The molecule has 2 rings (SSSR count). The van der Waals surface area contributed by atoms with E-state index >= 15 is 0 Å². The van der Waals surface area contributed by atoms with Crippen molar-refractivity contribution >= 4 is 40.8 Å². The van der Waals surface area contributed by atoms with Crippen molar-refractivity contribution in [3.8, 4) is 0 Å². The standard InChI is InChI=1S/C10H12Cl2N2S/c11-6-8-5-10(13-7-9(8)12)14-1-3-15-4-2-14/h5,7H,1-4,6H2. The molecule has 5 heteroatoms. The van der Waals surface area contributed by atoms with Crippen LogP contribution in [-0.4, -0.2) is 29.6 Å². The number of hydrogen-bond donors (Lipinski definition) is 0. The van der Waals surface area contributed by atoms with Crippen molar-refractivity contribution < 1.29 is 0 Å². The van der Waals surface area contributed by atoms with Crippen LogP contribution in [0.5, 0.6) is 0 Å². The number of pyridine rings is 1. The van der Waals surface area contributed by atoms with Crippen LogP contribution in [-0.2, 0) is 5.88 Å². The molecule has 82 valence electrons. The topological polar surface area (TPSA) is 16.1 Å². The highest BCUT2D eigenvalue weighted by atomic mass is 35.5. The predicted molar refractivity (Wildman–Crippen MR) is 68.3 cm³/mol. The lowest BCUT2D eigenvalue weighted by atomic mass is 10.3. The molecule has 0 unspecified atom stereocenters. The molecule has 1 aromatic heterocycles. The SMILES string of the molecule is ClCc1cc(N2CCSCC2)ncc1Cl. The fourth-order valence-corrected chi connectivity index (χ4v) is 2.90. The largest absolute Gasteiger partial charge is 0.355 e. The van der Waals surface area contributed by atoms with Crippen molar-refractivity contribution in [2.75, 3.05) is 29.5 Å². The second-order valence-electron chi connectivity index (χ2n) is 3.37. The first-order valence-corrected chi connectivity index (χ1v) is 6.91. The quantitative estimate of drug-likeness (QED) is 0.763. The molecule has 1 aliphatic heterocycles. The van der Waals surface area contributed by atoms with Crippen LogP contribution in [0.2, 0.25) is 5.02 Å². The van der Waals surface area contributed by atoms with Gasteiger partial charge in [-0.25, -0.2) is 4.98 Å². The predicted octanol–water partition coefficient (Wildman–Crippen LogP) is 3.03. The third kappa shape index (κ3) is 2.71. The second kappa shape index (κ2) is 5.28. The molecule has 0 N–H and O–H groups in total. The van der Waals surface area contributed by atoms with Crippen LogP contribution < -0.4 is 4.90 Å². The fraction of sp³-hybridized carbons (Fsp3) is 0.500. The molecular weight excluding hydrogens is 251 g/mol. The van der Waals surface area contributed by atoms with E-state index in [1.54, 1.807) is 6.20 Å². The minimum Gasteiger partial charge on any atom is -0.355 e. The lowest BCUT2D eigenvalue weighted by molar-refractivity contribution is 0.838. The Hall–Kier alpha value is -0.120. The van der Waals surface area contributed by atoms with Crippen LogP contribution >= 0.6 is 35.0 Å². The van der Waals surface area contributed by atoms with Crippen molar-refractivity contribution in [2.45, 2.75) is 5.88 Å². The van der Waals surface area contributed by atoms with Gasteiger partial charge < -0.3 is 4.90 Å². The second-order valence-corrected chi connectivity index (χ2v) is 5.27. The van der Waals surface area contributed by atoms with Gasteiger partial charge in [0.05, 0.1) is 5.02 Å². The van der Waals surface area contributed by atoms with Crippen LogP contribution in [0.3, 0.4) is 0 Å². The number of hydrogen-bond acceptors (Lipinski definition) is 3. The Morgan fingerprint density at radius 1 is 1.40 bits per heavy atom. The lowest BCUT2D eigenvalue weighted by Crippen LogP contribution is -2.33. The zero-order chi connectivity index (χ0) is 10.7. The molecule has 1 fully saturated rings. The van der Waals surface area contributed by atoms with Gasteiger partial charge in [-0.3, -0.25) is 0 Å². The van der Waals surface area contributed by atoms with Gasteiger partial charge in [0.25, 0.3) is 0 Å². The van der Waals surface area contributed by atoms with Gasteiger partial charge in [-0.1, -0.05) is 11.6 Å². The summed E-state index contributed by atoms with van der Waals surface area (Å²) < 4.78 is 0. The summed E-state index contributed by atoms with van der Waals surface area (Å²) >= 11 is 13.8.